The molecule has 3 N–H and O–H groups in total. The third-order valence-electron chi connectivity index (χ3n) is 3.45. The average Bonchev–Trinajstić information content (AvgIpc) is 3.09. The molecule has 1 aromatic heterocycles. The first-order valence-corrected chi connectivity index (χ1v) is 8.73. The van der Waals surface area contributed by atoms with E-state index in [1.807, 2.05) is 31.2 Å². The number of anilines is 1. The van der Waals surface area contributed by atoms with Crippen molar-refractivity contribution in [3.05, 3.63) is 59.7 Å². The second-order valence-corrected chi connectivity index (χ2v) is 6.45. The van der Waals surface area contributed by atoms with Gasteiger partial charge in [0.25, 0.3) is 5.22 Å². The number of carbonyl (C=O) groups is 2. The van der Waals surface area contributed by atoms with Crippen molar-refractivity contribution in [3.63, 3.8) is 0 Å². The number of amides is 2. The molecule has 0 aliphatic rings. The zero-order valence-corrected chi connectivity index (χ0v) is 14.7. The summed E-state index contributed by atoms with van der Waals surface area (Å²) in [6.07, 6.45) is 0. The number of aromatic nitrogens is 2. The largest absolute Gasteiger partial charge is 0.411 e. The summed E-state index contributed by atoms with van der Waals surface area (Å²) in [6, 6.07) is 14.1. The third-order valence-corrected chi connectivity index (χ3v) is 4.27. The molecule has 3 aromatic rings. The first-order valence-electron chi connectivity index (χ1n) is 7.74. The molecule has 3 rings (SSSR count). The van der Waals surface area contributed by atoms with Crippen LogP contribution in [0.2, 0.25) is 0 Å². The number of hydrogen-bond donors (Lipinski definition) is 2. The fraction of sp³-hybridized carbons (Fsp3) is 0.111. The van der Waals surface area contributed by atoms with Crippen LogP contribution in [0.15, 0.2) is 58.2 Å². The van der Waals surface area contributed by atoms with Crippen LogP contribution in [0.5, 0.6) is 0 Å². The Labute approximate surface area is 154 Å². The van der Waals surface area contributed by atoms with Crippen LogP contribution in [0.25, 0.3) is 11.5 Å². The van der Waals surface area contributed by atoms with Crippen molar-refractivity contribution >= 4 is 29.3 Å². The first kappa shape index (κ1) is 17.7. The topological polar surface area (TPSA) is 111 Å². The van der Waals surface area contributed by atoms with Gasteiger partial charge in [0.05, 0.1) is 5.75 Å². The second kappa shape index (κ2) is 7.83. The van der Waals surface area contributed by atoms with Gasteiger partial charge in [0, 0.05) is 16.8 Å². The van der Waals surface area contributed by atoms with Gasteiger partial charge in [-0.05, 0) is 43.3 Å². The molecule has 7 nitrogen and oxygen atoms in total. The van der Waals surface area contributed by atoms with Crippen LogP contribution in [-0.2, 0) is 4.79 Å². The standard InChI is InChI=1S/C18H16N4O3S/c1-11-3-2-4-13(9-11)17-21-22-18(25-17)26-10-15(23)20-14-7-5-12(6-8-14)16(19)24/h2-9H,10H2,1H3,(H2,19,24)(H,20,23). The number of thioether (sulfide) groups is 1. The Bertz CT molecular complexity index is 938. The van der Waals surface area contributed by atoms with E-state index in [0.29, 0.717) is 22.4 Å². The minimum atomic E-state index is -0.515. The van der Waals surface area contributed by atoms with E-state index in [1.165, 1.54) is 0 Å². The number of rotatable bonds is 6. The summed E-state index contributed by atoms with van der Waals surface area (Å²) in [6.45, 7) is 1.98. The van der Waals surface area contributed by atoms with E-state index in [9.17, 15) is 9.59 Å². The summed E-state index contributed by atoms with van der Waals surface area (Å²) >= 11 is 1.15. The molecule has 0 bridgehead atoms. The van der Waals surface area contributed by atoms with Crippen molar-refractivity contribution in [2.75, 3.05) is 11.1 Å². The predicted octanol–water partition coefficient (Wildman–Crippen LogP) is 2.87. The van der Waals surface area contributed by atoms with E-state index in [2.05, 4.69) is 15.5 Å². The Kier molecular flexibility index (Phi) is 5.33. The number of aryl methyl sites for hydroxylation is 1. The van der Waals surface area contributed by atoms with Crippen molar-refractivity contribution in [2.45, 2.75) is 12.1 Å². The summed E-state index contributed by atoms with van der Waals surface area (Å²) in [5.41, 5.74) is 8.06. The van der Waals surface area contributed by atoms with Crippen molar-refractivity contribution in [1.29, 1.82) is 0 Å². The van der Waals surface area contributed by atoms with Crippen LogP contribution < -0.4 is 11.1 Å². The highest BCUT2D eigenvalue weighted by atomic mass is 32.2. The Morgan fingerprint density at radius 2 is 1.92 bits per heavy atom. The van der Waals surface area contributed by atoms with Crippen LogP contribution in [0.4, 0.5) is 5.69 Å². The van der Waals surface area contributed by atoms with E-state index in [4.69, 9.17) is 10.2 Å². The van der Waals surface area contributed by atoms with Crippen LogP contribution >= 0.6 is 11.8 Å². The monoisotopic (exact) mass is 368 g/mol. The van der Waals surface area contributed by atoms with E-state index in [1.54, 1.807) is 24.3 Å². The quantitative estimate of drug-likeness (QED) is 0.647. The number of carbonyl (C=O) groups excluding carboxylic acids is 2. The molecule has 0 spiro atoms. The average molecular weight is 368 g/mol. The summed E-state index contributed by atoms with van der Waals surface area (Å²) in [7, 11) is 0. The smallest absolute Gasteiger partial charge is 0.277 e. The molecule has 0 radical (unpaired) electrons. The molecule has 26 heavy (non-hydrogen) atoms. The van der Waals surface area contributed by atoms with Gasteiger partial charge in [-0.1, -0.05) is 29.5 Å². The van der Waals surface area contributed by atoms with Crippen molar-refractivity contribution in [1.82, 2.24) is 10.2 Å². The molecular weight excluding hydrogens is 352 g/mol. The molecule has 0 unspecified atom stereocenters. The minimum Gasteiger partial charge on any atom is -0.411 e. The lowest BCUT2D eigenvalue weighted by atomic mass is 10.1. The second-order valence-electron chi connectivity index (χ2n) is 5.52. The molecule has 132 valence electrons. The maximum atomic E-state index is 12.0. The Morgan fingerprint density at radius 3 is 2.62 bits per heavy atom. The molecule has 8 heteroatoms. The summed E-state index contributed by atoms with van der Waals surface area (Å²) in [5.74, 6) is -0.206. The predicted molar refractivity (Wildman–Crippen MR) is 98.8 cm³/mol. The zero-order chi connectivity index (χ0) is 18.5. The fourth-order valence-corrected chi connectivity index (χ4v) is 2.77. The van der Waals surface area contributed by atoms with Crippen molar-refractivity contribution in [2.24, 2.45) is 5.73 Å². The van der Waals surface area contributed by atoms with Crippen molar-refractivity contribution < 1.29 is 14.0 Å². The van der Waals surface area contributed by atoms with E-state index >= 15 is 0 Å². The van der Waals surface area contributed by atoms with Gasteiger partial charge in [0.2, 0.25) is 17.7 Å². The van der Waals surface area contributed by atoms with E-state index in [-0.39, 0.29) is 11.7 Å². The number of primary amides is 1. The highest BCUT2D eigenvalue weighted by Crippen LogP contribution is 2.23. The number of nitrogens with one attached hydrogen (secondary N) is 1. The molecule has 0 aliphatic carbocycles. The minimum absolute atomic E-state index is 0.118. The normalized spacial score (nSPS) is 10.5. The lowest BCUT2D eigenvalue weighted by molar-refractivity contribution is -0.113. The maximum absolute atomic E-state index is 12.0. The van der Waals surface area contributed by atoms with Crippen LogP contribution in [-0.4, -0.2) is 27.8 Å². The van der Waals surface area contributed by atoms with Gasteiger partial charge in [0.1, 0.15) is 0 Å². The van der Waals surface area contributed by atoms with Crippen LogP contribution in [0, 0.1) is 6.92 Å². The van der Waals surface area contributed by atoms with Gasteiger partial charge in [-0.15, -0.1) is 10.2 Å². The van der Waals surface area contributed by atoms with E-state index in [0.717, 1.165) is 22.9 Å². The first-order chi connectivity index (χ1) is 12.5. The summed E-state index contributed by atoms with van der Waals surface area (Å²) in [4.78, 5) is 23.0. The molecule has 2 aromatic carbocycles. The van der Waals surface area contributed by atoms with Crippen LogP contribution in [0.1, 0.15) is 15.9 Å². The molecule has 0 saturated carbocycles. The molecule has 0 saturated heterocycles. The molecular formula is C18H16N4O3S. The van der Waals surface area contributed by atoms with Gasteiger partial charge in [-0.2, -0.15) is 0 Å². The van der Waals surface area contributed by atoms with Gasteiger partial charge >= 0.3 is 0 Å². The lowest BCUT2D eigenvalue weighted by Crippen LogP contribution is -2.15. The van der Waals surface area contributed by atoms with Crippen LogP contribution in [0.3, 0.4) is 0 Å². The van der Waals surface area contributed by atoms with Crippen molar-refractivity contribution in [3.8, 4) is 11.5 Å². The SMILES string of the molecule is Cc1cccc(-c2nnc(SCC(=O)Nc3ccc(C(N)=O)cc3)o2)c1. The Balaban J connectivity index is 1.55. The third kappa shape index (κ3) is 4.48. The number of nitrogens with two attached hydrogens (primary N) is 1. The number of nitrogens with zero attached hydrogens (tertiary/aromatic N) is 2. The Hall–Kier alpha value is -3.13. The Morgan fingerprint density at radius 1 is 1.15 bits per heavy atom. The maximum Gasteiger partial charge on any atom is 0.277 e. The highest BCUT2D eigenvalue weighted by molar-refractivity contribution is 7.99. The highest BCUT2D eigenvalue weighted by Gasteiger charge is 2.11. The molecule has 1 heterocycles. The van der Waals surface area contributed by atoms with Gasteiger partial charge < -0.3 is 15.5 Å². The van der Waals surface area contributed by atoms with Gasteiger partial charge in [0.15, 0.2) is 0 Å². The molecule has 0 fully saturated rings. The molecule has 2 amide bonds. The molecule has 0 aliphatic heterocycles. The van der Waals surface area contributed by atoms with Gasteiger partial charge in [-0.25, -0.2) is 0 Å². The van der Waals surface area contributed by atoms with Gasteiger partial charge in [-0.3, -0.25) is 9.59 Å². The fourth-order valence-electron chi connectivity index (χ4n) is 2.21. The van der Waals surface area contributed by atoms with E-state index < -0.39 is 5.91 Å². The molecule has 0 atom stereocenters. The summed E-state index contributed by atoms with van der Waals surface area (Å²) < 4.78 is 5.58. The summed E-state index contributed by atoms with van der Waals surface area (Å²) in [5, 5.41) is 11.0. The number of hydrogen-bond acceptors (Lipinski definition) is 6. The zero-order valence-electron chi connectivity index (χ0n) is 13.9. The lowest BCUT2D eigenvalue weighted by Gasteiger charge is -2.04. The number of benzene rings is 2.